The average molecular weight is 517 g/mol. The minimum atomic E-state index is -0.880. The van der Waals surface area contributed by atoms with Gasteiger partial charge in [0.25, 0.3) is 0 Å². The van der Waals surface area contributed by atoms with E-state index in [-0.39, 0.29) is 36.8 Å². The van der Waals surface area contributed by atoms with Gasteiger partial charge in [0.1, 0.15) is 17.7 Å². The Balaban J connectivity index is 0.00000216. The van der Waals surface area contributed by atoms with Gasteiger partial charge in [0, 0.05) is 18.5 Å². The van der Waals surface area contributed by atoms with Crippen LogP contribution in [0, 0.1) is 10.8 Å². The number of rotatable bonds is 7. The van der Waals surface area contributed by atoms with Crippen LogP contribution in [0.25, 0.3) is 10.8 Å². The number of carboxylic acids is 1. The van der Waals surface area contributed by atoms with E-state index in [1.807, 2.05) is 65.6 Å². The first kappa shape index (κ1) is 28.0. The van der Waals surface area contributed by atoms with Crippen molar-refractivity contribution in [2.45, 2.75) is 31.8 Å². The summed E-state index contributed by atoms with van der Waals surface area (Å²) in [6.45, 7) is 3.29. The number of carboxylic acid groups (broad SMARTS) is 1. The van der Waals surface area contributed by atoms with Crippen molar-refractivity contribution in [2.75, 3.05) is 13.1 Å². The Labute approximate surface area is 217 Å². The maximum Gasteiger partial charge on any atom is 0.311 e. The lowest BCUT2D eigenvalue weighted by Gasteiger charge is -2.18. The summed E-state index contributed by atoms with van der Waals surface area (Å²) in [7, 11) is 0. The Bertz CT molecular complexity index is 1220. The van der Waals surface area contributed by atoms with Crippen LogP contribution in [-0.2, 0) is 11.2 Å². The normalized spacial score (nSPS) is 15.6. The van der Waals surface area contributed by atoms with E-state index in [0.29, 0.717) is 30.1 Å². The van der Waals surface area contributed by atoms with Crippen LogP contribution in [0.1, 0.15) is 36.0 Å². The van der Waals surface area contributed by atoms with Crippen molar-refractivity contribution in [3.8, 4) is 5.75 Å². The van der Waals surface area contributed by atoms with Crippen LogP contribution < -0.4 is 10.5 Å². The topological polar surface area (TPSA) is 123 Å². The fourth-order valence-electron chi connectivity index (χ4n) is 4.27. The van der Waals surface area contributed by atoms with Crippen LogP contribution in [-0.4, -0.2) is 46.8 Å². The Hall–Kier alpha value is -3.29. The van der Waals surface area contributed by atoms with Crippen LogP contribution in [0.15, 0.2) is 60.7 Å². The van der Waals surface area contributed by atoms with Crippen molar-refractivity contribution in [1.29, 1.82) is 10.8 Å². The number of halogens is 2. The zero-order chi connectivity index (χ0) is 23.5. The number of nitrogens with two attached hydrogens (primary N) is 1. The van der Waals surface area contributed by atoms with Gasteiger partial charge in [-0.05, 0) is 53.4 Å². The molecule has 0 saturated carbocycles. The Morgan fingerprint density at radius 2 is 1.77 bits per heavy atom. The highest BCUT2D eigenvalue weighted by Gasteiger charge is 2.25. The summed E-state index contributed by atoms with van der Waals surface area (Å²) in [5.41, 5.74) is 7.88. The lowest BCUT2D eigenvalue weighted by molar-refractivity contribution is -0.138. The molecule has 0 aliphatic carbocycles. The monoisotopic (exact) mass is 516 g/mol. The minimum Gasteiger partial charge on any atom is -0.489 e. The molecule has 0 unspecified atom stereocenters. The van der Waals surface area contributed by atoms with Gasteiger partial charge in [0.2, 0.25) is 0 Å². The molecule has 186 valence electrons. The highest BCUT2D eigenvalue weighted by atomic mass is 35.5. The molecule has 0 amide bonds. The van der Waals surface area contributed by atoms with Crippen molar-refractivity contribution in [1.82, 2.24) is 4.90 Å². The lowest BCUT2D eigenvalue weighted by Crippen LogP contribution is -2.28. The summed E-state index contributed by atoms with van der Waals surface area (Å²) in [5.74, 6) is -0.303. The Morgan fingerprint density at radius 1 is 1.09 bits per heavy atom. The zero-order valence-electron chi connectivity index (χ0n) is 19.4. The molecule has 0 bridgehead atoms. The second kappa shape index (κ2) is 11.9. The van der Waals surface area contributed by atoms with E-state index >= 15 is 0 Å². The fourth-order valence-corrected chi connectivity index (χ4v) is 4.27. The van der Waals surface area contributed by atoms with Crippen LogP contribution in [0.5, 0.6) is 5.75 Å². The van der Waals surface area contributed by atoms with Gasteiger partial charge in [0.05, 0.1) is 18.3 Å². The summed E-state index contributed by atoms with van der Waals surface area (Å²) < 4.78 is 6.03. The number of hydrogen-bond acceptors (Lipinski definition) is 4. The minimum absolute atomic E-state index is 0. The highest BCUT2D eigenvalue weighted by molar-refractivity contribution is 5.99. The number of amidine groups is 2. The number of nitrogens with zero attached hydrogens (tertiary/aromatic N) is 1. The number of aliphatic carboxylic acids is 1. The molecule has 35 heavy (non-hydrogen) atoms. The van der Waals surface area contributed by atoms with E-state index in [1.165, 1.54) is 0 Å². The molecule has 9 heteroatoms. The van der Waals surface area contributed by atoms with Crippen molar-refractivity contribution < 1.29 is 14.6 Å². The van der Waals surface area contributed by atoms with Gasteiger partial charge >= 0.3 is 5.97 Å². The molecule has 3 aromatic carbocycles. The third-order valence-electron chi connectivity index (χ3n) is 6.16. The molecule has 1 aliphatic rings. The van der Waals surface area contributed by atoms with Gasteiger partial charge in [-0.15, -0.1) is 24.8 Å². The summed E-state index contributed by atoms with van der Waals surface area (Å²) in [6, 6.07) is 18.7. The predicted octanol–water partition coefficient (Wildman–Crippen LogP) is 4.83. The van der Waals surface area contributed by atoms with E-state index in [1.54, 1.807) is 6.92 Å². The zero-order valence-corrected chi connectivity index (χ0v) is 21.0. The van der Waals surface area contributed by atoms with E-state index in [4.69, 9.17) is 21.3 Å². The Kier molecular flexibility index (Phi) is 9.51. The van der Waals surface area contributed by atoms with Crippen molar-refractivity contribution in [3.63, 3.8) is 0 Å². The Morgan fingerprint density at radius 3 is 2.37 bits per heavy atom. The highest BCUT2D eigenvalue weighted by Crippen LogP contribution is 2.27. The molecule has 0 spiro atoms. The molecular weight excluding hydrogens is 487 g/mol. The lowest BCUT2D eigenvalue weighted by atomic mass is 9.91. The van der Waals surface area contributed by atoms with Gasteiger partial charge in [-0.2, -0.15) is 0 Å². The SMILES string of the molecule is CC(=N)N1CC[C@H](Oc2ccc([C@H](Cc3ccc4ccc(C(=N)N)cc4c3)C(=O)O)cc2)C1.Cl.Cl. The second-order valence-corrected chi connectivity index (χ2v) is 8.53. The molecule has 1 saturated heterocycles. The summed E-state index contributed by atoms with van der Waals surface area (Å²) in [6.07, 6.45) is 1.25. The standard InChI is InChI=1S/C26H28N4O3.2ClH/c1-16(27)30-11-10-23(15-30)33-22-8-6-19(7-9-22)24(26(31)32)13-17-2-3-18-4-5-20(25(28)29)14-21(18)12-17;;/h2-9,12,14,23-24,27H,10-11,13,15H2,1H3,(H3,28,29)(H,31,32);2*1H/t23-,24-;;/m0../s1. The number of ether oxygens (including phenoxy) is 1. The fraction of sp³-hybridized carbons (Fsp3) is 0.269. The molecule has 1 fully saturated rings. The van der Waals surface area contributed by atoms with Crippen LogP contribution in [0.2, 0.25) is 0 Å². The first-order chi connectivity index (χ1) is 15.8. The van der Waals surface area contributed by atoms with Crippen molar-refractivity contribution >= 4 is 53.2 Å². The first-order valence-corrected chi connectivity index (χ1v) is 11.0. The number of fused-ring (bicyclic) bond motifs is 1. The van der Waals surface area contributed by atoms with Gasteiger partial charge in [-0.3, -0.25) is 15.6 Å². The molecule has 1 aliphatic heterocycles. The number of carbonyl (C=O) groups is 1. The molecule has 7 nitrogen and oxygen atoms in total. The van der Waals surface area contributed by atoms with Crippen molar-refractivity contribution in [2.24, 2.45) is 5.73 Å². The third-order valence-corrected chi connectivity index (χ3v) is 6.16. The molecule has 5 N–H and O–H groups in total. The van der Waals surface area contributed by atoms with E-state index in [0.717, 1.165) is 34.9 Å². The molecule has 3 aromatic rings. The number of hydrogen-bond donors (Lipinski definition) is 4. The predicted molar refractivity (Wildman–Crippen MR) is 144 cm³/mol. The molecule has 4 rings (SSSR count). The van der Waals surface area contributed by atoms with Crippen LogP contribution >= 0.6 is 24.8 Å². The molecule has 2 atom stereocenters. The average Bonchev–Trinajstić information content (AvgIpc) is 3.26. The van der Waals surface area contributed by atoms with Crippen molar-refractivity contribution in [3.05, 3.63) is 77.4 Å². The third kappa shape index (κ3) is 6.65. The van der Waals surface area contributed by atoms with Gasteiger partial charge in [-0.1, -0.05) is 42.5 Å². The number of nitrogen functional groups attached to an aromatic ring is 1. The summed E-state index contributed by atoms with van der Waals surface area (Å²) >= 11 is 0. The van der Waals surface area contributed by atoms with E-state index < -0.39 is 11.9 Å². The quantitative estimate of drug-likeness (QED) is 0.264. The van der Waals surface area contributed by atoms with E-state index in [9.17, 15) is 9.90 Å². The summed E-state index contributed by atoms with van der Waals surface area (Å²) in [4.78, 5) is 14.1. The smallest absolute Gasteiger partial charge is 0.311 e. The number of benzene rings is 3. The van der Waals surface area contributed by atoms with Gasteiger partial charge in [0.15, 0.2) is 0 Å². The number of likely N-dealkylation sites (tertiary alicyclic amines) is 1. The van der Waals surface area contributed by atoms with Gasteiger partial charge in [-0.25, -0.2) is 0 Å². The maximum atomic E-state index is 12.1. The van der Waals surface area contributed by atoms with Gasteiger partial charge < -0.3 is 20.5 Å². The maximum absolute atomic E-state index is 12.1. The molecule has 0 aromatic heterocycles. The first-order valence-electron chi connectivity index (χ1n) is 11.0. The van der Waals surface area contributed by atoms with Crippen LogP contribution in [0.3, 0.4) is 0 Å². The second-order valence-electron chi connectivity index (χ2n) is 8.53. The van der Waals surface area contributed by atoms with Crippen LogP contribution in [0.4, 0.5) is 0 Å². The molecule has 1 heterocycles. The number of nitrogens with one attached hydrogen (secondary N) is 2. The largest absolute Gasteiger partial charge is 0.489 e. The molecular formula is C26H30Cl2N4O3. The molecule has 0 radical (unpaired) electrons. The van der Waals surface area contributed by atoms with E-state index in [2.05, 4.69) is 0 Å². The summed E-state index contributed by atoms with van der Waals surface area (Å²) in [5, 5.41) is 27.2.